The summed E-state index contributed by atoms with van der Waals surface area (Å²) >= 11 is 0. The van der Waals surface area contributed by atoms with Crippen LogP contribution in [0.5, 0.6) is 5.75 Å². The molecule has 1 saturated heterocycles. The van der Waals surface area contributed by atoms with Crippen LogP contribution in [0, 0.1) is 16.7 Å². The first-order chi connectivity index (χ1) is 23.1. The topological polar surface area (TPSA) is 138 Å². The molecule has 3 fully saturated rings. The van der Waals surface area contributed by atoms with Crippen molar-refractivity contribution < 1.29 is 43.3 Å². The summed E-state index contributed by atoms with van der Waals surface area (Å²) in [5, 5.41) is 29.1. The second-order valence-electron chi connectivity index (χ2n) is 15.1. The van der Waals surface area contributed by atoms with Gasteiger partial charge in [-0.25, -0.2) is 0 Å². The number of carbonyl (C=O) groups excluding carboxylic acids is 2. The van der Waals surface area contributed by atoms with Crippen LogP contribution in [0.2, 0.25) is 0 Å². The molecule has 49 heavy (non-hydrogen) atoms. The summed E-state index contributed by atoms with van der Waals surface area (Å²) in [5.41, 5.74) is -4.63. The van der Waals surface area contributed by atoms with Crippen molar-refractivity contribution in [3.63, 3.8) is 0 Å². The van der Waals surface area contributed by atoms with Crippen molar-refractivity contribution in [1.82, 2.24) is 5.16 Å². The predicted octanol–water partition coefficient (Wildman–Crippen LogP) is 5.98. The normalized spacial score (nSPS) is 35.1. The Labute approximate surface area is 287 Å². The number of hydrogen-bond donors (Lipinski definition) is 2. The van der Waals surface area contributed by atoms with Crippen LogP contribution in [0.3, 0.4) is 0 Å². The molecule has 3 aliphatic rings. The van der Waals surface area contributed by atoms with Crippen molar-refractivity contribution in [1.29, 1.82) is 0 Å². The van der Waals surface area contributed by atoms with Gasteiger partial charge in [0.25, 0.3) is 0 Å². The Morgan fingerprint density at radius 3 is 2.41 bits per heavy atom. The molecule has 1 aliphatic heterocycles. The van der Waals surface area contributed by atoms with Gasteiger partial charge in [-0.15, -0.1) is 6.58 Å². The summed E-state index contributed by atoms with van der Waals surface area (Å²) in [6.45, 7) is 14.6. The molecule has 1 aromatic heterocycles. The summed E-state index contributed by atoms with van der Waals surface area (Å²) in [4.78, 5) is 26.8. The summed E-state index contributed by atoms with van der Waals surface area (Å²) in [6.07, 6.45) is -0.865. The van der Waals surface area contributed by atoms with Gasteiger partial charge in [0.05, 0.1) is 11.7 Å². The zero-order valence-electron chi connectivity index (χ0n) is 29.1. The van der Waals surface area contributed by atoms with Crippen LogP contribution in [0.4, 0.5) is 0 Å². The molecule has 2 saturated carbocycles. The minimum Gasteiger partial charge on any atom is -0.489 e. The van der Waals surface area contributed by atoms with E-state index in [0.29, 0.717) is 30.9 Å². The lowest BCUT2D eigenvalue weighted by Gasteiger charge is -2.71. The zero-order valence-corrected chi connectivity index (χ0v) is 29.1. The highest BCUT2D eigenvalue weighted by Crippen LogP contribution is 2.67. The molecule has 0 spiro atoms. The molecule has 10 heteroatoms. The predicted molar refractivity (Wildman–Crippen MR) is 180 cm³/mol. The van der Waals surface area contributed by atoms with Gasteiger partial charge in [0.1, 0.15) is 42.5 Å². The van der Waals surface area contributed by atoms with E-state index >= 15 is 0 Å². The molecule has 8 atom stereocenters. The van der Waals surface area contributed by atoms with Crippen LogP contribution < -0.4 is 4.74 Å². The third-order valence-corrected chi connectivity index (χ3v) is 11.4. The number of carbonyl (C=O) groups is 2. The van der Waals surface area contributed by atoms with Crippen molar-refractivity contribution in [2.45, 2.75) is 109 Å². The average molecular weight is 674 g/mol. The summed E-state index contributed by atoms with van der Waals surface area (Å²) in [7, 11) is 0. The minimum absolute atomic E-state index is 0.00563. The molecule has 2 aliphatic carbocycles. The summed E-state index contributed by atoms with van der Waals surface area (Å²) < 4.78 is 30.5. The van der Waals surface area contributed by atoms with E-state index in [0.717, 1.165) is 16.9 Å². The molecule has 3 aromatic rings. The van der Waals surface area contributed by atoms with Gasteiger partial charge in [0.2, 0.25) is 0 Å². The number of ketones is 1. The first kappa shape index (κ1) is 35.0. The summed E-state index contributed by atoms with van der Waals surface area (Å²) in [5.74, 6) is -0.563. The van der Waals surface area contributed by atoms with E-state index in [1.807, 2.05) is 68.4 Å². The van der Waals surface area contributed by atoms with E-state index in [1.165, 1.54) is 19.9 Å². The molecule has 2 heterocycles. The van der Waals surface area contributed by atoms with Crippen molar-refractivity contribution in [2.75, 3.05) is 0 Å². The number of aromatic nitrogens is 1. The van der Waals surface area contributed by atoms with Gasteiger partial charge in [0.15, 0.2) is 17.1 Å². The quantitative estimate of drug-likeness (QED) is 0.206. The SMILES string of the molecule is C=C[C@@]1(C)CC(=O)[C@]2(O)[C@@]3(C)[C@@H](OCc4cc(-c5ccc(OCc6ccccc6)cc5)no4)CCC(C)(C)[C@@H]3[C@H](OC(C)=O)[C@H](O)[C@@]2(C)O1. The number of rotatable bonds is 9. The van der Waals surface area contributed by atoms with E-state index in [9.17, 15) is 19.8 Å². The third-order valence-electron chi connectivity index (χ3n) is 11.4. The summed E-state index contributed by atoms with van der Waals surface area (Å²) in [6, 6.07) is 19.3. The number of aliphatic hydroxyl groups excluding tert-OH is 1. The van der Waals surface area contributed by atoms with Crippen LogP contribution in [0.1, 0.15) is 72.1 Å². The Bertz CT molecular complexity index is 1700. The molecular weight excluding hydrogens is 626 g/mol. The second kappa shape index (κ2) is 12.5. The maximum absolute atomic E-state index is 14.3. The highest BCUT2D eigenvalue weighted by atomic mass is 16.6. The van der Waals surface area contributed by atoms with E-state index in [2.05, 4.69) is 11.7 Å². The van der Waals surface area contributed by atoms with Crippen molar-refractivity contribution in [3.05, 3.63) is 84.6 Å². The molecule has 0 radical (unpaired) electrons. The molecular formula is C39H47NO9. The van der Waals surface area contributed by atoms with Gasteiger partial charge in [-0.2, -0.15) is 0 Å². The average Bonchev–Trinajstić information content (AvgIpc) is 3.54. The number of hydrogen-bond acceptors (Lipinski definition) is 10. The highest BCUT2D eigenvalue weighted by Gasteiger charge is 2.81. The number of benzene rings is 2. The fourth-order valence-electron chi connectivity index (χ4n) is 8.99. The second-order valence-corrected chi connectivity index (χ2v) is 15.1. The Morgan fingerprint density at radius 1 is 1.06 bits per heavy atom. The van der Waals surface area contributed by atoms with E-state index < -0.39 is 63.6 Å². The standard InChI is InChI=1S/C39H47NO9/c1-8-36(5)21-30(42)39(44)37(6)31(18-19-35(3,4)33(37)32(47-24(2)41)34(43)38(39,7)49-36)46-23-28-20-29(40-48-28)26-14-16-27(17-15-26)45-22-25-12-10-9-11-13-25/h8-17,20,31-34,43-44H,1,18-19,21-23H2,2-7H3/t31-,32-,33-,34-,36-,37-,38+,39-/m0/s1. The Balaban J connectivity index is 1.27. The molecule has 0 unspecified atom stereocenters. The van der Waals surface area contributed by atoms with Crippen molar-refractivity contribution >= 4 is 11.8 Å². The lowest BCUT2D eigenvalue weighted by Crippen LogP contribution is -2.86. The number of aliphatic hydroxyl groups is 2. The molecule has 6 rings (SSSR count). The van der Waals surface area contributed by atoms with Crippen LogP contribution in [0.15, 0.2) is 77.8 Å². The van der Waals surface area contributed by atoms with Gasteiger partial charge in [-0.3, -0.25) is 9.59 Å². The van der Waals surface area contributed by atoms with Gasteiger partial charge in [0, 0.05) is 36.3 Å². The molecule has 0 bridgehead atoms. The molecule has 2 aromatic carbocycles. The van der Waals surface area contributed by atoms with Crippen LogP contribution in [-0.2, 0) is 37.0 Å². The Hall–Kier alpha value is -3.83. The Kier molecular flexibility index (Phi) is 8.93. The van der Waals surface area contributed by atoms with E-state index in [1.54, 1.807) is 19.9 Å². The lowest BCUT2D eigenvalue weighted by molar-refractivity contribution is -0.373. The lowest BCUT2D eigenvalue weighted by atomic mass is 9.39. The number of esters is 1. The van der Waals surface area contributed by atoms with Gasteiger partial charge in [-0.1, -0.05) is 62.3 Å². The number of fused-ring (bicyclic) bond motifs is 3. The zero-order chi connectivity index (χ0) is 35.4. The molecule has 2 N–H and O–H groups in total. The number of ether oxygens (including phenoxy) is 4. The van der Waals surface area contributed by atoms with Gasteiger partial charge < -0.3 is 33.7 Å². The maximum Gasteiger partial charge on any atom is 0.303 e. The van der Waals surface area contributed by atoms with Crippen molar-refractivity contribution in [2.24, 2.45) is 16.7 Å². The first-order valence-corrected chi connectivity index (χ1v) is 16.9. The van der Waals surface area contributed by atoms with Crippen molar-refractivity contribution in [3.8, 4) is 17.0 Å². The van der Waals surface area contributed by atoms with Crippen LogP contribution in [-0.4, -0.2) is 62.2 Å². The monoisotopic (exact) mass is 673 g/mol. The van der Waals surface area contributed by atoms with Crippen LogP contribution >= 0.6 is 0 Å². The minimum atomic E-state index is -2.21. The fourth-order valence-corrected chi connectivity index (χ4v) is 8.99. The van der Waals surface area contributed by atoms with E-state index in [4.69, 9.17) is 23.5 Å². The van der Waals surface area contributed by atoms with Gasteiger partial charge >= 0.3 is 5.97 Å². The number of Topliss-reactive ketones (excluding diaryl/α,β-unsaturated/α-hetero) is 1. The highest BCUT2D eigenvalue weighted by molar-refractivity contribution is 5.92. The number of nitrogens with zero attached hydrogens (tertiary/aromatic N) is 1. The third kappa shape index (κ3) is 5.72. The van der Waals surface area contributed by atoms with Crippen LogP contribution in [0.25, 0.3) is 11.3 Å². The largest absolute Gasteiger partial charge is 0.489 e. The van der Waals surface area contributed by atoms with E-state index in [-0.39, 0.29) is 13.0 Å². The fraction of sp³-hybridized carbons (Fsp3) is 0.513. The Morgan fingerprint density at radius 2 is 1.76 bits per heavy atom. The maximum atomic E-state index is 14.3. The smallest absolute Gasteiger partial charge is 0.303 e. The molecule has 0 amide bonds. The first-order valence-electron chi connectivity index (χ1n) is 16.9. The molecule has 262 valence electrons. The van der Waals surface area contributed by atoms with Gasteiger partial charge in [-0.05, 0) is 61.9 Å². The molecule has 10 nitrogen and oxygen atoms in total.